The summed E-state index contributed by atoms with van der Waals surface area (Å²) in [6.45, 7) is 7.69. The lowest BCUT2D eigenvalue weighted by Gasteiger charge is -2.23. The number of aryl methyl sites for hydroxylation is 2. The summed E-state index contributed by atoms with van der Waals surface area (Å²) < 4.78 is 5.26. The van der Waals surface area contributed by atoms with E-state index in [2.05, 4.69) is 19.9 Å². The van der Waals surface area contributed by atoms with Gasteiger partial charge < -0.3 is 9.64 Å². The van der Waals surface area contributed by atoms with Crippen LogP contribution in [-0.4, -0.2) is 25.4 Å². The molecule has 0 radical (unpaired) electrons. The van der Waals surface area contributed by atoms with Crippen LogP contribution >= 0.6 is 0 Å². The van der Waals surface area contributed by atoms with Crippen LogP contribution in [0.2, 0.25) is 0 Å². The average Bonchev–Trinajstić information content (AvgIpc) is 2.83. The second kappa shape index (κ2) is 7.03. The number of benzene rings is 2. The van der Waals surface area contributed by atoms with E-state index in [0.717, 1.165) is 22.5 Å². The van der Waals surface area contributed by atoms with Gasteiger partial charge in [0, 0.05) is 29.9 Å². The molecule has 0 spiro atoms. The molecule has 0 atom stereocenters. The van der Waals surface area contributed by atoms with E-state index in [-0.39, 0.29) is 17.8 Å². The lowest BCUT2D eigenvalue weighted by molar-refractivity contribution is -0.117. The van der Waals surface area contributed by atoms with E-state index >= 15 is 0 Å². The van der Waals surface area contributed by atoms with Crippen molar-refractivity contribution in [2.24, 2.45) is 0 Å². The molecule has 1 aliphatic rings. The summed E-state index contributed by atoms with van der Waals surface area (Å²) in [6, 6.07) is 13.7. The zero-order valence-electron chi connectivity index (χ0n) is 16.5. The number of carbonyl (C=O) groups is 2. The summed E-state index contributed by atoms with van der Waals surface area (Å²) in [4.78, 5) is 26.8. The molecule has 2 aromatic rings. The van der Waals surface area contributed by atoms with E-state index in [0.29, 0.717) is 5.56 Å². The molecule has 1 heterocycles. The lowest BCUT2D eigenvalue weighted by atomic mass is 9.83. The van der Waals surface area contributed by atoms with Crippen LogP contribution in [0, 0.1) is 13.8 Å². The number of para-hydroxylation sites is 1. The van der Waals surface area contributed by atoms with Crippen LogP contribution in [0.5, 0.6) is 0 Å². The summed E-state index contributed by atoms with van der Waals surface area (Å²) in [7, 11) is 1.95. The minimum Gasteiger partial charge on any atom is -0.454 e. The molecule has 4 heteroatoms. The second-order valence-corrected chi connectivity index (χ2v) is 7.59. The fourth-order valence-corrected chi connectivity index (χ4v) is 3.62. The summed E-state index contributed by atoms with van der Waals surface area (Å²) >= 11 is 0. The van der Waals surface area contributed by atoms with Crippen molar-refractivity contribution in [3.05, 3.63) is 76.5 Å². The lowest BCUT2D eigenvalue weighted by Crippen LogP contribution is -2.25. The minimum absolute atomic E-state index is 0.226. The van der Waals surface area contributed by atoms with E-state index in [4.69, 9.17) is 4.74 Å². The van der Waals surface area contributed by atoms with Crippen LogP contribution < -0.4 is 4.90 Å². The molecule has 140 valence electrons. The maximum atomic E-state index is 12.5. The number of fused-ring (bicyclic) bond motifs is 1. The number of allylic oxidation sites excluding steroid dienone is 1. The van der Waals surface area contributed by atoms with Gasteiger partial charge in [0.15, 0.2) is 12.4 Å². The molecule has 1 aliphatic heterocycles. The molecule has 0 saturated heterocycles. The molecule has 0 fully saturated rings. The van der Waals surface area contributed by atoms with Gasteiger partial charge in [-0.1, -0.05) is 49.7 Å². The Kier molecular flexibility index (Phi) is 4.92. The van der Waals surface area contributed by atoms with Gasteiger partial charge >= 0.3 is 5.97 Å². The van der Waals surface area contributed by atoms with E-state index < -0.39 is 5.97 Å². The molecule has 2 aromatic carbocycles. The van der Waals surface area contributed by atoms with Crippen molar-refractivity contribution in [3.8, 4) is 0 Å². The third-order valence-corrected chi connectivity index (χ3v) is 5.20. The first-order valence-electron chi connectivity index (χ1n) is 9.04. The van der Waals surface area contributed by atoms with Crippen molar-refractivity contribution >= 4 is 17.4 Å². The van der Waals surface area contributed by atoms with E-state index in [1.54, 1.807) is 12.1 Å². The maximum absolute atomic E-state index is 12.5. The van der Waals surface area contributed by atoms with E-state index in [1.807, 2.05) is 56.1 Å². The molecule has 27 heavy (non-hydrogen) atoms. The van der Waals surface area contributed by atoms with Gasteiger partial charge in [0.1, 0.15) is 0 Å². The first-order valence-corrected chi connectivity index (χ1v) is 9.04. The summed E-state index contributed by atoms with van der Waals surface area (Å²) in [5, 5.41) is 0. The number of hydrogen-bond acceptors (Lipinski definition) is 4. The highest BCUT2D eigenvalue weighted by atomic mass is 16.5. The Balaban J connectivity index is 1.74. The van der Waals surface area contributed by atoms with Crippen molar-refractivity contribution in [1.29, 1.82) is 0 Å². The van der Waals surface area contributed by atoms with Gasteiger partial charge in [-0.2, -0.15) is 0 Å². The number of ether oxygens (including phenoxy) is 1. The van der Waals surface area contributed by atoms with Gasteiger partial charge in [-0.05, 0) is 37.1 Å². The molecule has 0 N–H and O–H groups in total. The fraction of sp³-hybridized carbons (Fsp3) is 0.304. The zero-order valence-corrected chi connectivity index (χ0v) is 16.5. The second-order valence-electron chi connectivity index (χ2n) is 7.59. The van der Waals surface area contributed by atoms with E-state index in [1.165, 1.54) is 5.56 Å². The maximum Gasteiger partial charge on any atom is 0.338 e. The van der Waals surface area contributed by atoms with Crippen LogP contribution in [0.15, 0.2) is 54.2 Å². The Morgan fingerprint density at radius 1 is 1.11 bits per heavy atom. The number of hydrogen-bond donors (Lipinski definition) is 0. The molecule has 0 aromatic heterocycles. The number of rotatable bonds is 4. The monoisotopic (exact) mass is 363 g/mol. The number of esters is 1. The van der Waals surface area contributed by atoms with Crippen molar-refractivity contribution in [2.75, 3.05) is 18.6 Å². The predicted octanol–water partition coefficient (Wildman–Crippen LogP) is 4.34. The van der Waals surface area contributed by atoms with Crippen LogP contribution in [-0.2, 0) is 14.9 Å². The van der Waals surface area contributed by atoms with Crippen LogP contribution in [0.25, 0.3) is 0 Å². The number of nitrogens with zero attached hydrogens (tertiary/aromatic N) is 1. The van der Waals surface area contributed by atoms with Crippen molar-refractivity contribution in [2.45, 2.75) is 33.1 Å². The molecular formula is C23H25NO3. The third kappa shape index (κ3) is 3.52. The Morgan fingerprint density at radius 3 is 2.52 bits per heavy atom. The minimum atomic E-state index is -0.467. The van der Waals surface area contributed by atoms with Gasteiger partial charge in [-0.3, -0.25) is 4.79 Å². The van der Waals surface area contributed by atoms with Gasteiger partial charge in [-0.15, -0.1) is 0 Å². The molecule has 0 unspecified atom stereocenters. The molecule has 0 bridgehead atoms. The topological polar surface area (TPSA) is 46.6 Å². The Labute approximate surface area is 160 Å². The van der Waals surface area contributed by atoms with Crippen LogP contribution in [0.4, 0.5) is 5.69 Å². The summed E-state index contributed by atoms with van der Waals surface area (Å²) in [5.74, 6) is -0.693. The summed E-state index contributed by atoms with van der Waals surface area (Å²) in [5.41, 5.74) is 5.21. The molecule has 0 aliphatic carbocycles. The quantitative estimate of drug-likeness (QED) is 0.599. The van der Waals surface area contributed by atoms with Crippen LogP contribution in [0.3, 0.4) is 0 Å². The largest absolute Gasteiger partial charge is 0.454 e. The summed E-state index contributed by atoms with van der Waals surface area (Å²) in [6.07, 6.45) is 1.59. The number of ketones is 1. The molecule has 3 rings (SSSR count). The molecule has 4 nitrogen and oxygen atoms in total. The van der Waals surface area contributed by atoms with Crippen LogP contribution in [0.1, 0.15) is 40.9 Å². The van der Waals surface area contributed by atoms with Gasteiger partial charge in [0.25, 0.3) is 0 Å². The standard InChI is InChI=1S/C23H25NO3/c1-15-10-11-16(2)18(12-15)22(26)27-14-17(25)13-21-23(3,4)19-8-6-7-9-20(19)24(21)5/h6-13H,14H2,1-5H3. The Bertz CT molecular complexity index is 940. The predicted molar refractivity (Wildman–Crippen MR) is 107 cm³/mol. The van der Waals surface area contributed by atoms with Crippen molar-refractivity contribution in [3.63, 3.8) is 0 Å². The van der Waals surface area contributed by atoms with Gasteiger partial charge in [0.05, 0.1) is 5.56 Å². The highest BCUT2D eigenvalue weighted by molar-refractivity contribution is 5.97. The number of carbonyl (C=O) groups excluding carboxylic acids is 2. The number of anilines is 1. The Morgan fingerprint density at radius 2 is 1.81 bits per heavy atom. The molecule has 0 amide bonds. The van der Waals surface area contributed by atoms with E-state index in [9.17, 15) is 9.59 Å². The third-order valence-electron chi connectivity index (χ3n) is 5.20. The Hall–Kier alpha value is -2.88. The molecule has 0 saturated carbocycles. The SMILES string of the molecule is Cc1ccc(C)c(C(=O)OCC(=O)C=C2N(C)c3ccccc3C2(C)C)c1. The average molecular weight is 363 g/mol. The number of likely N-dealkylation sites (N-methyl/N-ethyl adjacent to an activating group) is 1. The first kappa shape index (κ1) is 18.9. The zero-order chi connectivity index (χ0) is 19.8. The fourth-order valence-electron chi connectivity index (χ4n) is 3.62. The highest BCUT2D eigenvalue weighted by Crippen LogP contribution is 2.46. The van der Waals surface area contributed by atoms with Crippen molar-refractivity contribution in [1.82, 2.24) is 0 Å². The smallest absolute Gasteiger partial charge is 0.338 e. The molecular weight excluding hydrogens is 338 g/mol. The van der Waals surface area contributed by atoms with Gasteiger partial charge in [-0.25, -0.2) is 4.79 Å². The van der Waals surface area contributed by atoms with Crippen molar-refractivity contribution < 1.29 is 14.3 Å². The normalized spacial score (nSPS) is 16.3. The first-order chi connectivity index (χ1) is 12.7. The van der Waals surface area contributed by atoms with Gasteiger partial charge in [0.2, 0.25) is 0 Å². The highest BCUT2D eigenvalue weighted by Gasteiger charge is 2.38.